The van der Waals surface area contributed by atoms with Gasteiger partial charge in [0.05, 0.1) is 10.3 Å². The predicted molar refractivity (Wildman–Crippen MR) is 83.9 cm³/mol. The number of benzene rings is 1. The van der Waals surface area contributed by atoms with Crippen LogP contribution < -0.4 is 5.32 Å². The van der Waals surface area contributed by atoms with E-state index in [0.29, 0.717) is 17.7 Å². The number of nitro benzene ring substituents is 1. The van der Waals surface area contributed by atoms with Crippen LogP contribution in [0.2, 0.25) is 0 Å². The third kappa shape index (κ3) is 5.71. The highest BCUT2D eigenvalue weighted by atomic mass is 35.5. The molecule has 0 aliphatic heterocycles. The van der Waals surface area contributed by atoms with E-state index in [1.807, 2.05) is 0 Å². The van der Waals surface area contributed by atoms with Gasteiger partial charge in [0.2, 0.25) is 0 Å². The lowest BCUT2D eigenvalue weighted by Crippen LogP contribution is -2.32. The summed E-state index contributed by atoms with van der Waals surface area (Å²) < 4.78 is 0. The lowest BCUT2D eigenvalue weighted by molar-refractivity contribution is -0.384. The summed E-state index contributed by atoms with van der Waals surface area (Å²) in [4.78, 5) is 22.3. The lowest BCUT2D eigenvalue weighted by Gasteiger charge is -2.22. The van der Waals surface area contributed by atoms with Crippen LogP contribution in [0.4, 0.5) is 5.69 Å². The Balaban J connectivity index is 2.66. The first kappa shape index (κ1) is 17.4. The van der Waals surface area contributed by atoms with Crippen LogP contribution in [-0.2, 0) is 0 Å². The zero-order chi connectivity index (χ0) is 16.2. The largest absolute Gasteiger partial charge is 0.351 e. The number of rotatable bonds is 5. The van der Waals surface area contributed by atoms with Gasteiger partial charge in [0.15, 0.2) is 0 Å². The van der Waals surface area contributed by atoms with Crippen molar-refractivity contribution in [1.29, 1.82) is 0 Å². The molecule has 0 aromatic heterocycles. The normalized spacial score (nSPS) is 12.8. The lowest BCUT2D eigenvalue weighted by atomic mass is 9.90. The molecule has 0 bridgehead atoms. The Labute approximate surface area is 129 Å². The number of halogens is 1. The van der Waals surface area contributed by atoms with E-state index < -0.39 is 4.92 Å². The summed E-state index contributed by atoms with van der Waals surface area (Å²) in [5.41, 5.74) is 1.08. The van der Waals surface area contributed by atoms with Gasteiger partial charge in [-0.15, -0.1) is 11.6 Å². The van der Waals surface area contributed by atoms with Gasteiger partial charge >= 0.3 is 0 Å². The molecule has 21 heavy (non-hydrogen) atoms. The number of non-ortho nitro benzene ring substituents is 1. The first-order valence-corrected chi connectivity index (χ1v) is 7.21. The third-order valence-corrected chi connectivity index (χ3v) is 3.29. The van der Waals surface area contributed by atoms with E-state index in [1.54, 1.807) is 6.92 Å². The molecule has 0 heterocycles. The minimum atomic E-state index is -0.479. The first-order valence-electron chi connectivity index (χ1n) is 6.77. The number of hydrogen-bond acceptors (Lipinski definition) is 3. The second-order valence-corrected chi connectivity index (χ2v) is 6.95. The number of nitro groups is 1. The third-order valence-electron chi connectivity index (χ3n) is 2.98. The van der Waals surface area contributed by atoms with Crippen molar-refractivity contribution in [2.75, 3.05) is 6.54 Å². The van der Waals surface area contributed by atoms with E-state index in [2.05, 4.69) is 26.1 Å². The maximum atomic E-state index is 12.1. The van der Waals surface area contributed by atoms with Crippen LogP contribution in [0.5, 0.6) is 0 Å². The van der Waals surface area contributed by atoms with E-state index in [1.165, 1.54) is 18.2 Å². The molecule has 6 heteroatoms. The Morgan fingerprint density at radius 1 is 1.43 bits per heavy atom. The minimum Gasteiger partial charge on any atom is -0.351 e. The van der Waals surface area contributed by atoms with Crippen LogP contribution in [0.15, 0.2) is 18.2 Å². The van der Waals surface area contributed by atoms with Crippen LogP contribution in [0.3, 0.4) is 0 Å². The Morgan fingerprint density at radius 2 is 2.05 bits per heavy atom. The molecule has 1 aromatic rings. The van der Waals surface area contributed by atoms with E-state index in [0.717, 1.165) is 6.42 Å². The molecule has 1 aromatic carbocycles. The van der Waals surface area contributed by atoms with E-state index in [9.17, 15) is 14.9 Å². The number of amides is 1. The first-order chi connectivity index (χ1) is 9.60. The minimum absolute atomic E-state index is 0.0213. The van der Waals surface area contributed by atoms with Crippen molar-refractivity contribution >= 4 is 23.2 Å². The van der Waals surface area contributed by atoms with Crippen LogP contribution in [-0.4, -0.2) is 22.8 Å². The number of nitrogens with one attached hydrogen (secondary N) is 1. The Kier molecular flexibility index (Phi) is 5.72. The molecule has 1 amide bonds. The summed E-state index contributed by atoms with van der Waals surface area (Å²) in [7, 11) is 0. The molecule has 5 nitrogen and oxygen atoms in total. The summed E-state index contributed by atoms with van der Waals surface area (Å²) >= 11 is 6.20. The van der Waals surface area contributed by atoms with Gasteiger partial charge in [0.25, 0.3) is 11.6 Å². The van der Waals surface area contributed by atoms with Gasteiger partial charge in [-0.2, -0.15) is 0 Å². The molecule has 0 saturated carbocycles. The topological polar surface area (TPSA) is 72.2 Å². The van der Waals surface area contributed by atoms with Crippen LogP contribution in [0.25, 0.3) is 0 Å². The highest BCUT2D eigenvalue weighted by Gasteiger charge is 2.18. The Hall–Kier alpha value is -1.62. The summed E-state index contributed by atoms with van der Waals surface area (Å²) in [5.74, 6) is -0.262. The number of alkyl halides is 1. The van der Waals surface area contributed by atoms with Crippen LogP contribution >= 0.6 is 11.6 Å². The second-order valence-electron chi connectivity index (χ2n) is 6.33. The molecule has 1 atom stereocenters. The molecule has 0 aliphatic rings. The van der Waals surface area contributed by atoms with Gasteiger partial charge in [-0.3, -0.25) is 14.9 Å². The molecule has 1 N–H and O–H groups in total. The summed E-state index contributed by atoms with van der Waals surface area (Å²) in [6.45, 7) is 8.31. The predicted octanol–water partition coefficient (Wildman–Crippen LogP) is 3.68. The number of carbonyl (C=O) groups is 1. The maximum absolute atomic E-state index is 12.1. The number of carbonyl (C=O) groups excluding carboxylic acids is 1. The summed E-state index contributed by atoms with van der Waals surface area (Å²) in [6, 6.07) is 4.19. The number of nitrogens with zero attached hydrogens (tertiary/aromatic N) is 1. The fourth-order valence-electron chi connectivity index (χ4n) is 2.05. The van der Waals surface area contributed by atoms with E-state index in [4.69, 9.17) is 11.6 Å². The average Bonchev–Trinajstić information content (AvgIpc) is 2.33. The molecule has 1 unspecified atom stereocenters. The monoisotopic (exact) mass is 312 g/mol. The molecule has 0 aliphatic carbocycles. The summed E-state index contributed by atoms with van der Waals surface area (Å²) in [5, 5.41) is 13.3. The second kappa shape index (κ2) is 6.89. The van der Waals surface area contributed by atoms with Crippen molar-refractivity contribution < 1.29 is 9.72 Å². The quantitative estimate of drug-likeness (QED) is 0.512. The zero-order valence-corrected chi connectivity index (χ0v) is 13.5. The molecule has 116 valence electrons. The van der Waals surface area contributed by atoms with Crippen molar-refractivity contribution in [2.45, 2.75) is 39.5 Å². The smallest absolute Gasteiger partial charge is 0.269 e. The molecule has 1 rings (SSSR count). The van der Waals surface area contributed by atoms with Gasteiger partial charge in [-0.25, -0.2) is 0 Å². The van der Waals surface area contributed by atoms with E-state index >= 15 is 0 Å². The van der Waals surface area contributed by atoms with Crippen molar-refractivity contribution in [3.05, 3.63) is 39.4 Å². The number of aryl methyl sites for hydroxylation is 1. The van der Waals surface area contributed by atoms with Gasteiger partial charge in [0.1, 0.15) is 0 Å². The maximum Gasteiger partial charge on any atom is 0.269 e. The van der Waals surface area contributed by atoms with Crippen molar-refractivity contribution in [1.82, 2.24) is 5.32 Å². The van der Waals surface area contributed by atoms with Crippen molar-refractivity contribution in [3.8, 4) is 0 Å². The van der Waals surface area contributed by atoms with Crippen LogP contribution in [0.1, 0.15) is 43.1 Å². The van der Waals surface area contributed by atoms with Crippen molar-refractivity contribution in [3.63, 3.8) is 0 Å². The molecule has 0 radical (unpaired) electrons. The highest BCUT2D eigenvalue weighted by molar-refractivity contribution is 6.21. The van der Waals surface area contributed by atoms with Crippen molar-refractivity contribution in [2.24, 2.45) is 5.41 Å². The standard InChI is InChI=1S/C15H21ClN2O3/c1-10-7-12(18(20)21)5-6-13(10)14(19)17-9-11(16)8-15(2,3)4/h5-7,11H,8-9H2,1-4H3,(H,17,19). The molecular weight excluding hydrogens is 292 g/mol. The molecule has 0 fully saturated rings. The fraction of sp³-hybridized carbons (Fsp3) is 0.533. The molecule has 0 spiro atoms. The zero-order valence-electron chi connectivity index (χ0n) is 12.8. The van der Waals surface area contributed by atoms with Gasteiger partial charge in [-0.1, -0.05) is 20.8 Å². The Bertz CT molecular complexity index is 538. The number of hydrogen-bond donors (Lipinski definition) is 1. The van der Waals surface area contributed by atoms with Gasteiger partial charge in [0, 0.05) is 24.2 Å². The fourth-order valence-corrected chi connectivity index (χ4v) is 2.59. The van der Waals surface area contributed by atoms with Gasteiger partial charge < -0.3 is 5.32 Å². The summed E-state index contributed by atoms with van der Waals surface area (Å²) in [6.07, 6.45) is 0.786. The highest BCUT2D eigenvalue weighted by Crippen LogP contribution is 2.23. The van der Waals surface area contributed by atoms with Crippen LogP contribution in [0, 0.1) is 22.5 Å². The molecular formula is C15H21ClN2O3. The van der Waals surface area contributed by atoms with Gasteiger partial charge in [-0.05, 0) is 30.4 Å². The SMILES string of the molecule is Cc1cc([N+](=O)[O-])ccc1C(=O)NCC(Cl)CC(C)(C)C. The average molecular weight is 313 g/mol. The molecule has 0 saturated heterocycles. The Morgan fingerprint density at radius 3 is 2.52 bits per heavy atom. The van der Waals surface area contributed by atoms with E-state index in [-0.39, 0.29) is 22.4 Å².